The van der Waals surface area contributed by atoms with Gasteiger partial charge in [0.15, 0.2) is 0 Å². The summed E-state index contributed by atoms with van der Waals surface area (Å²) in [6, 6.07) is 0. The van der Waals surface area contributed by atoms with Crippen LogP contribution in [0.1, 0.15) is 39.5 Å². The molecule has 0 radical (unpaired) electrons. The van der Waals surface area contributed by atoms with Crippen LogP contribution in [0.2, 0.25) is 0 Å². The first-order chi connectivity index (χ1) is 6.22. The third-order valence-corrected chi connectivity index (χ3v) is 1.80. The Morgan fingerprint density at radius 1 is 1.38 bits per heavy atom. The lowest BCUT2D eigenvalue weighted by molar-refractivity contribution is -0.139. The number of hydrogen-bond acceptors (Lipinski definition) is 3. The summed E-state index contributed by atoms with van der Waals surface area (Å²) in [7, 11) is 0. The second-order valence-electron chi connectivity index (χ2n) is 3.05. The molecule has 0 saturated heterocycles. The number of ether oxygens (including phenoxy) is 1. The van der Waals surface area contributed by atoms with Gasteiger partial charge in [-0.1, -0.05) is 26.2 Å². The van der Waals surface area contributed by atoms with Gasteiger partial charge in [-0.05, 0) is 13.3 Å². The number of hydrogen-bond donors (Lipinski definition) is 1. The minimum absolute atomic E-state index is 0.306. The van der Waals surface area contributed by atoms with Crippen molar-refractivity contribution in [2.24, 2.45) is 5.73 Å². The first kappa shape index (κ1) is 12.0. The van der Waals surface area contributed by atoms with Gasteiger partial charge in [0.2, 0.25) is 0 Å². The van der Waals surface area contributed by atoms with Crippen LogP contribution in [0.5, 0.6) is 0 Å². The van der Waals surface area contributed by atoms with E-state index in [1.807, 2.05) is 0 Å². The van der Waals surface area contributed by atoms with Crippen LogP contribution >= 0.6 is 0 Å². The predicted octanol–water partition coefficient (Wildman–Crippen LogP) is 1.97. The fraction of sp³-hybridized carbons (Fsp3) is 0.700. The highest BCUT2D eigenvalue weighted by molar-refractivity contribution is 5.87. The van der Waals surface area contributed by atoms with Gasteiger partial charge in [-0.25, -0.2) is 4.79 Å². The minimum Gasteiger partial charge on any atom is -0.462 e. The molecule has 0 heterocycles. The van der Waals surface area contributed by atoms with E-state index in [-0.39, 0.29) is 5.97 Å². The van der Waals surface area contributed by atoms with Gasteiger partial charge in [-0.2, -0.15) is 0 Å². The molecule has 0 aliphatic rings. The largest absolute Gasteiger partial charge is 0.462 e. The van der Waals surface area contributed by atoms with Gasteiger partial charge in [0, 0.05) is 11.8 Å². The highest BCUT2D eigenvalue weighted by Crippen LogP contribution is 2.00. The van der Waals surface area contributed by atoms with E-state index in [4.69, 9.17) is 10.5 Å². The molecule has 0 bridgehead atoms. The van der Waals surface area contributed by atoms with E-state index in [1.165, 1.54) is 19.0 Å². The van der Waals surface area contributed by atoms with Crippen LogP contribution in [0.25, 0.3) is 0 Å². The van der Waals surface area contributed by atoms with Crippen LogP contribution in [0.15, 0.2) is 11.8 Å². The summed E-state index contributed by atoms with van der Waals surface area (Å²) in [4.78, 5) is 11.0. The molecule has 2 N–H and O–H groups in total. The second-order valence-corrected chi connectivity index (χ2v) is 3.05. The molecule has 0 unspecified atom stereocenters. The van der Waals surface area contributed by atoms with Crippen LogP contribution in [-0.4, -0.2) is 12.6 Å². The SMILES string of the molecule is CCCCCCOC(=O)C(C)=CN. The van der Waals surface area contributed by atoms with Crippen molar-refractivity contribution < 1.29 is 9.53 Å². The average Bonchev–Trinajstić information content (AvgIpc) is 2.16. The maximum absolute atomic E-state index is 11.0. The Morgan fingerprint density at radius 3 is 2.62 bits per heavy atom. The van der Waals surface area contributed by atoms with Crippen molar-refractivity contribution >= 4 is 5.97 Å². The second kappa shape index (κ2) is 7.65. The summed E-state index contributed by atoms with van der Waals surface area (Å²) < 4.78 is 4.95. The summed E-state index contributed by atoms with van der Waals surface area (Å²) in [5.41, 5.74) is 5.63. The van der Waals surface area contributed by atoms with Crippen molar-refractivity contribution in [3.8, 4) is 0 Å². The van der Waals surface area contributed by atoms with E-state index >= 15 is 0 Å². The molecule has 0 aromatic heterocycles. The Morgan fingerprint density at radius 2 is 2.08 bits per heavy atom. The van der Waals surface area contributed by atoms with Crippen LogP contribution in [-0.2, 0) is 9.53 Å². The van der Waals surface area contributed by atoms with Crippen LogP contribution in [0.3, 0.4) is 0 Å². The molecule has 0 atom stereocenters. The molecule has 76 valence electrons. The number of carbonyl (C=O) groups is 1. The molecule has 0 aromatic rings. The fourth-order valence-corrected chi connectivity index (χ4v) is 0.876. The highest BCUT2D eigenvalue weighted by atomic mass is 16.5. The molecule has 0 amide bonds. The molecular formula is C10H19NO2. The van der Waals surface area contributed by atoms with Crippen molar-refractivity contribution in [1.82, 2.24) is 0 Å². The summed E-state index contributed by atoms with van der Waals surface area (Å²) in [5.74, 6) is -0.306. The lowest BCUT2D eigenvalue weighted by atomic mass is 10.2. The van der Waals surface area contributed by atoms with E-state index in [0.717, 1.165) is 12.8 Å². The van der Waals surface area contributed by atoms with Gasteiger partial charge >= 0.3 is 5.97 Å². The van der Waals surface area contributed by atoms with Crippen LogP contribution in [0.4, 0.5) is 0 Å². The average molecular weight is 185 g/mol. The summed E-state index contributed by atoms with van der Waals surface area (Å²) in [6.07, 6.45) is 5.72. The van der Waals surface area contributed by atoms with E-state index in [0.29, 0.717) is 12.2 Å². The van der Waals surface area contributed by atoms with E-state index in [1.54, 1.807) is 6.92 Å². The van der Waals surface area contributed by atoms with Crippen molar-refractivity contribution in [2.45, 2.75) is 39.5 Å². The van der Waals surface area contributed by atoms with E-state index < -0.39 is 0 Å². The molecular weight excluding hydrogens is 166 g/mol. The molecule has 0 saturated carbocycles. The number of nitrogens with two attached hydrogens (primary N) is 1. The van der Waals surface area contributed by atoms with Crippen molar-refractivity contribution in [3.05, 3.63) is 11.8 Å². The maximum atomic E-state index is 11.0. The van der Waals surface area contributed by atoms with Gasteiger partial charge in [-0.3, -0.25) is 0 Å². The standard InChI is InChI=1S/C10H19NO2/c1-3-4-5-6-7-13-10(12)9(2)8-11/h8H,3-7,11H2,1-2H3. The zero-order valence-electron chi connectivity index (χ0n) is 8.51. The number of rotatable bonds is 6. The minimum atomic E-state index is -0.306. The van der Waals surface area contributed by atoms with Crippen molar-refractivity contribution in [1.29, 1.82) is 0 Å². The molecule has 0 aliphatic heterocycles. The van der Waals surface area contributed by atoms with Gasteiger partial charge in [-0.15, -0.1) is 0 Å². The molecule has 3 heteroatoms. The number of esters is 1. The zero-order valence-corrected chi connectivity index (χ0v) is 8.51. The Kier molecular flexibility index (Phi) is 7.07. The lowest BCUT2D eigenvalue weighted by Crippen LogP contribution is -2.08. The number of carbonyl (C=O) groups excluding carboxylic acids is 1. The molecule has 0 aliphatic carbocycles. The van der Waals surface area contributed by atoms with E-state index in [2.05, 4.69) is 6.92 Å². The topological polar surface area (TPSA) is 52.3 Å². The smallest absolute Gasteiger partial charge is 0.335 e. The highest BCUT2D eigenvalue weighted by Gasteiger charge is 2.03. The van der Waals surface area contributed by atoms with Gasteiger partial charge < -0.3 is 10.5 Å². The normalized spacial score (nSPS) is 11.4. The molecule has 0 rings (SSSR count). The quantitative estimate of drug-likeness (QED) is 0.391. The van der Waals surface area contributed by atoms with Gasteiger partial charge in [0.25, 0.3) is 0 Å². The lowest BCUT2D eigenvalue weighted by Gasteiger charge is -2.03. The zero-order chi connectivity index (χ0) is 10.1. The van der Waals surface area contributed by atoms with Gasteiger partial charge in [0.1, 0.15) is 0 Å². The Bertz CT molecular complexity index is 176. The van der Waals surface area contributed by atoms with E-state index in [9.17, 15) is 4.79 Å². The maximum Gasteiger partial charge on any atom is 0.335 e. The molecule has 13 heavy (non-hydrogen) atoms. The van der Waals surface area contributed by atoms with Crippen molar-refractivity contribution in [2.75, 3.05) is 6.61 Å². The van der Waals surface area contributed by atoms with Crippen LogP contribution < -0.4 is 5.73 Å². The predicted molar refractivity (Wildman–Crippen MR) is 53.0 cm³/mol. The Balaban J connectivity index is 3.38. The fourth-order valence-electron chi connectivity index (χ4n) is 0.876. The summed E-state index contributed by atoms with van der Waals surface area (Å²) >= 11 is 0. The third kappa shape index (κ3) is 6.20. The van der Waals surface area contributed by atoms with Crippen molar-refractivity contribution in [3.63, 3.8) is 0 Å². The molecule has 0 spiro atoms. The Labute approximate surface area is 79.9 Å². The monoisotopic (exact) mass is 185 g/mol. The first-order valence-electron chi connectivity index (χ1n) is 4.78. The third-order valence-electron chi connectivity index (χ3n) is 1.80. The first-order valence-corrected chi connectivity index (χ1v) is 4.78. The molecule has 3 nitrogen and oxygen atoms in total. The summed E-state index contributed by atoms with van der Waals surface area (Å²) in [5, 5.41) is 0. The summed E-state index contributed by atoms with van der Waals surface area (Å²) in [6.45, 7) is 4.30. The van der Waals surface area contributed by atoms with Crippen LogP contribution in [0, 0.1) is 0 Å². The number of unbranched alkanes of at least 4 members (excludes halogenated alkanes) is 3. The Hall–Kier alpha value is -0.990. The van der Waals surface area contributed by atoms with Gasteiger partial charge in [0.05, 0.1) is 6.61 Å². The molecule has 0 fully saturated rings. The molecule has 0 aromatic carbocycles.